The molecule has 31 heavy (non-hydrogen) atoms. The van der Waals surface area contributed by atoms with E-state index in [9.17, 15) is 4.79 Å². The summed E-state index contributed by atoms with van der Waals surface area (Å²) in [7, 11) is 0. The van der Waals surface area contributed by atoms with Crippen molar-refractivity contribution in [3.8, 4) is 17.2 Å². The Morgan fingerprint density at radius 2 is 1.87 bits per heavy atom. The summed E-state index contributed by atoms with van der Waals surface area (Å²) >= 11 is 1.42. The first-order chi connectivity index (χ1) is 15.3. The molecular formula is C23H24N4O3S. The van der Waals surface area contributed by atoms with Crippen molar-refractivity contribution in [1.82, 2.24) is 20.1 Å². The third-order valence-electron chi connectivity index (χ3n) is 5.29. The fourth-order valence-corrected chi connectivity index (χ4v) is 4.36. The van der Waals surface area contributed by atoms with Crippen molar-refractivity contribution in [2.75, 3.05) is 25.5 Å². The molecule has 0 radical (unpaired) electrons. The maximum atomic E-state index is 12.4. The van der Waals surface area contributed by atoms with Gasteiger partial charge in [0.1, 0.15) is 19.0 Å². The number of rotatable bonds is 8. The fraction of sp³-hybridized carbons (Fsp3) is 0.348. The molecule has 7 nitrogen and oxygen atoms in total. The van der Waals surface area contributed by atoms with Crippen LogP contribution in [-0.2, 0) is 11.2 Å². The van der Waals surface area contributed by atoms with Gasteiger partial charge in [-0.05, 0) is 49.1 Å². The molecule has 160 valence electrons. The van der Waals surface area contributed by atoms with Crippen LogP contribution in [0.5, 0.6) is 11.5 Å². The number of para-hydroxylation sites is 1. The Hall–Kier alpha value is -3.00. The monoisotopic (exact) mass is 436 g/mol. The van der Waals surface area contributed by atoms with E-state index in [0.717, 1.165) is 53.0 Å². The average molecular weight is 437 g/mol. The van der Waals surface area contributed by atoms with Crippen LogP contribution in [0, 0.1) is 0 Å². The number of benzene rings is 2. The second-order valence-corrected chi connectivity index (χ2v) is 8.60. The van der Waals surface area contributed by atoms with Gasteiger partial charge < -0.3 is 14.8 Å². The number of hydrogen-bond donors (Lipinski definition) is 1. The van der Waals surface area contributed by atoms with Crippen molar-refractivity contribution in [2.45, 2.75) is 30.3 Å². The van der Waals surface area contributed by atoms with Crippen LogP contribution in [-0.4, -0.2) is 46.2 Å². The van der Waals surface area contributed by atoms with Crippen LogP contribution < -0.4 is 14.8 Å². The number of thioether (sulfide) groups is 1. The SMILES string of the molecule is O=C(CSc1nnc(C2CC2)n1-c1ccccc1)NCCc1ccc2c(c1)OCCO2. The van der Waals surface area contributed by atoms with E-state index < -0.39 is 0 Å². The Labute approximate surface area is 185 Å². The van der Waals surface area contributed by atoms with Gasteiger partial charge in [0, 0.05) is 18.2 Å². The molecule has 0 atom stereocenters. The van der Waals surface area contributed by atoms with Gasteiger partial charge in [-0.15, -0.1) is 10.2 Å². The van der Waals surface area contributed by atoms with Crippen LogP contribution in [0.4, 0.5) is 0 Å². The Bertz CT molecular complexity index is 1070. The first-order valence-electron chi connectivity index (χ1n) is 10.6. The summed E-state index contributed by atoms with van der Waals surface area (Å²) in [6.07, 6.45) is 3.03. The molecular weight excluding hydrogens is 412 g/mol. The highest BCUT2D eigenvalue weighted by molar-refractivity contribution is 7.99. The number of aromatic nitrogens is 3. The van der Waals surface area contributed by atoms with Gasteiger partial charge in [-0.25, -0.2) is 0 Å². The summed E-state index contributed by atoms with van der Waals surface area (Å²) in [6, 6.07) is 16.0. The highest BCUT2D eigenvalue weighted by Gasteiger charge is 2.31. The van der Waals surface area contributed by atoms with Gasteiger partial charge in [-0.2, -0.15) is 0 Å². The van der Waals surface area contributed by atoms with E-state index >= 15 is 0 Å². The maximum absolute atomic E-state index is 12.4. The van der Waals surface area contributed by atoms with E-state index in [-0.39, 0.29) is 5.91 Å². The van der Waals surface area contributed by atoms with Gasteiger partial charge >= 0.3 is 0 Å². The first-order valence-corrected chi connectivity index (χ1v) is 11.6. The fourth-order valence-electron chi connectivity index (χ4n) is 3.57. The number of nitrogens with zero attached hydrogens (tertiary/aromatic N) is 3. The number of nitrogens with one attached hydrogen (secondary N) is 1. The summed E-state index contributed by atoms with van der Waals surface area (Å²) in [4.78, 5) is 12.4. The Balaban J connectivity index is 1.16. The second kappa shape index (κ2) is 9.01. The van der Waals surface area contributed by atoms with Gasteiger partial charge in [0.05, 0.1) is 5.75 Å². The molecule has 1 fully saturated rings. The van der Waals surface area contributed by atoms with Gasteiger partial charge in [-0.1, -0.05) is 36.0 Å². The summed E-state index contributed by atoms with van der Waals surface area (Å²) < 4.78 is 13.3. The van der Waals surface area contributed by atoms with Gasteiger partial charge in [-0.3, -0.25) is 9.36 Å². The number of carbonyl (C=O) groups is 1. The summed E-state index contributed by atoms with van der Waals surface area (Å²) in [5, 5.41) is 12.5. The first kappa shape index (κ1) is 19.9. The van der Waals surface area contributed by atoms with E-state index in [2.05, 4.69) is 20.1 Å². The lowest BCUT2D eigenvalue weighted by atomic mass is 10.1. The largest absolute Gasteiger partial charge is 0.486 e. The molecule has 1 amide bonds. The van der Waals surface area contributed by atoms with E-state index in [0.29, 0.717) is 31.4 Å². The van der Waals surface area contributed by atoms with Crippen LogP contribution in [0.2, 0.25) is 0 Å². The van der Waals surface area contributed by atoms with Crippen molar-refractivity contribution < 1.29 is 14.3 Å². The van der Waals surface area contributed by atoms with Crippen molar-refractivity contribution in [2.24, 2.45) is 0 Å². The molecule has 3 aromatic rings. The van der Waals surface area contributed by atoms with Crippen LogP contribution >= 0.6 is 11.8 Å². The minimum absolute atomic E-state index is 0.0156. The average Bonchev–Trinajstić information content (AvgIpc) is 3.57. The van der Waals surface area contributed by atoms with Gasteiger partial charge in [0.15, 0.2) is 16.7 Å². The van der Waals surface area contributed by atoms with Crippen LogP contribution in [0.3, 0.4) is 0 Å². The molecule has 2 heterocycles. The Morgan fingerprint density at radius 3 is 2.68 bits per heavy atom. The van der Waals surface area contributed by atoms with E-state index in [1.54, 1.807) is 0 Å². The molecule has 1 N–H and O–H groups in total. The normalized spacial score (nSPS) is 15.0. The predicted molar refractivity (Wildman–Crippen MR) is 118 cm³/mol. The standard InChI is InChI=1S/C23H24N4O3S/c28-21(24-11-10-16-6-9-19-20(14-16)30-13-12-29-19)15-31-23-26-25-22(17-7-8-17)27(23)18-4-2-1-3-5-18/h1-6,9,14,17H,7-8,10-13,15H2,(H,24,28). The lowest BCUT2D eigenvalue weighted by molar-refractivity contribution is -0.118. The van der Waals surface area contributed by atoms with E-state index in [1.165, 1.54) is 11.8 Å². The zero-order chi connectivity index (χ0) is 21.0. The molecule has 1 aliphatic heterocycles. The Kier molecular flexibility index (Phi) is 5.80. The maximum Gasteiger partial charge on any atom is 0.230 e. The van der Waals surface area contributed by atoms with Crippen LogP contribution in [0.1, 0.15) is 30.1 Å². The quantitative estimate of drug-likeness (QED) is 0.546. The molecule has 1 saturated carbocycles. The summed E-state index contributed by atoms with van der Waals surface area (Å²) in [5.41, 5.74) is 2.14. The minimum atomic E-state index is -0.0156. The Morgan fingerprint density at radius 1 is 1.06 bits per heavy atom. The van der Waals surface area contributed by atoms with Crippen molar-refractivity contribution >= 4 is 17.7 Å². The van der Waals surface area contributed by atoms with Crippen LogP contribution in [0.25, 0.3) is 5.69 Å². The van der Waals surface area contributed by atoms with Gasteiger partial charge in [0.25, 0.3) is 0 Å². The molecule has 8 heteroatoms. The number of ether oxygens (including phenoxy) is 2. The second-order valence-electron chi connectivity index (χ2n) is 7.65. The molecule has 0 bridgehead atoms. The molecule has 0 saturated heterocycles. The smallest absolute Gasteiger partial charge is 0.230 e. The summed E-state index contributed by atoms with van der Waals surface area (Å²) in [5.74, 6) is 3.31. The molecule has 2 aliphatic rings. The molecule has 5 rings (SSSR count). The number of hydrogen-bond acceptors (Lipinski definition) is 6. The van der Waals surface area contributed by atoms with Crippen molar-refractivity contribution in [1.29, 1.82) is 0 Å². The minimum Gasteiger partial charge on any atom is -0.486 e. The lowest BCUT2D eigenvalue weighted by Crippen LogP contribution is -2.27. The van der Waals surface area contributed by atoms with Crippen LogP contribution in [0.15, 0.2) is 53.7 Å². The molecule has 1 aromatic heterocycles. The van der Waals surface area contributed by atoms with Crippen molar-refractivity contribution in [3.05, 3.63) is 59.9 Å². The summed E-state index contributed by atoms with van der Waals surface area (Å²) in [6.45, 7) is 1.72. The lowest BCUT2D eigenvalue weighted by Gasteiger charge is -2.18. The zero-order valence-corrected chi connectivity index (χ0v) is 17.9. The topological polar surface area (TPSA) is 78.3 Å². The highest BCUT2D eigenvalue weighted by Crippen LogP contribution is 2.41. The molecule has 0 spiro atoms. The molecule has 2 aromatic carbocycles. The van der Waals surface area contributed by atoms with Gasteiger partial charge in [0.2, 0.25) is 5.91 Å². The predicted octanol–water partition coefficient (Wildman–Crippen LogP) is 3.37. The highest BCUT2D eigenvalue weighted by atomic mass is 32.2. The molecule has 1 aliphatic carbocycles. The third-order valence-corrected chi connectivity index (χ3v) is 6.22. The number of amides is 1. The molecule has 0 unspecified atom stereocenters. The van der Waals surface area contributed by atoms with E-state index in [1.807, 2.05) is 48.5 Å². The van der Waals surface area contributed by atoms with Crippen molar-refractivity contribution in [3.63, 3.8) is 0 Å². The number of fused-ring (bicyclic) bond motifs is 1. The third kappa shape index (κ3) is 4.69. The zero-order valence-electron chi connectivity index (χ0n) is 17.1. The number of carbonyl (C=O) groups excluding carboxylic acids is 1. The van der Waals surface area contributed by atoms with E-state index in [4.69, 9.17) is 9.47 Å².